The van der Waals surface area contributed by atoms with Gasteiger partial charge >= 0.3 is 0 Å². The van der Waals surface area contributed by atoms with Crippen molar-refractivity contribution in [1.29, 1.82) is 0 Å². The highest BCUT2D eigenvalue weighted by atomic mass is 16.5. The fraction of sp³-hybridized carbons (Fsp3) is 0.714. The van der Waals surface area contributed by atoms with Gasteiger partial charge in [-0.1, -0.05) is 0 Å². The van der Waals surface area contributed by atoms with E-state index in [4.69, 9.17) is 4.74 Å². The Hall–Kier alpha value is -1.76. The quantitative estimate of drug-likeness (QED) is 0.803. The first kappa shape index (κ1) is 14.2. The highest BCUT2D eigenvalue weighted by Gasteiger charge is 2.46. The van der Waals surface area contributed by atoms with E-state index in [1.54, 1.807) is 15.9 Å². The van der Waals surface area contributed by atoms with Crippen LogP contribution in [0, 0.1) is 0 Å². The Balaban J connectivity index is 1.47. The van der Waals surface area contributed by atoms with Crippen molar-refractivity contribution >= 4 is 11.7 Å². The van der Waals surface area contributed by atoms with E-state index in [0.717, 1.165) is 12.8 Å². The Labute approximate surface area is 123 Å². The molecular weight excluding hydrogens is 272 g/mol. The maximum Gasteiger partial charge on any atom is 0.223 e. The molecule has 0 N–H and O–H groups in total. The average molecular weight is 292 g/mol. The van der Waals surface area contributed by atoms with Gasteiger partial charge in [-0.2, -0.15) is 5.10 Å². The molecule has 3 heterocycles. The summed E-state index contributed by atoms with van der Waals surface area (Å²) in [5.74, 6) is 0.104. The van der Waals surface area contributed by atoms with Crippen molar-refractivity contribution in [2.24, 2.45) is 0 Å². The number of amides is 1. The lowest BCUT2D eigenvalue weighted by atomic mass is 9.87. The highest BCUT2D eigenvalue weighted by Crippen LogP contribution is 2.33. The number of carbonyl (C=O) groups is 2. The molecule has 3 rings (SSSR count). The number of piperidine rings is 1. The molecule has 0 radical (unpaired) electrons. The normalized spacial score (nSPS) is 25.7. The zero-order chi connectivity index (χ0) is 14.7. The van der Waals surface area contributed by atoms with Crippen LogP contribution >= 0.6 is 0 Å². The Morgan fingerprint density at radius 2 is 2.33 bits per heavy atom. The molecule has 0 aliphatic carbocycles. The smallest absolute Gasteiger partial charge is 0.223 e. The lowest BCUT2D eigenvalue weighted by molar-refractivity contribution is -0.152. The molecule has 0 unspecified atom stereocenters. The van der Waals surface area contributed by atoms with E-state index in [2.05, 4.69) is 10.1 Å². The van der Waals surface area contributed by atoms with Crippen molar-refractivity contribution in [2.75, 3.05) is 19.7 Å². The SMILES string of the molecule is O=C(CCCn1cncn1)N1CC[C@@]2(CCCO2)C(=O)C1. The summed E-state index contributed by atoms with van der Waals surface area (Å²) in [6.07, 6.45) is 6.64. The molecule has 0 saturated carbocycles. The first-order valence-electron chi connectivity index (χ1n) is 7.47. The van der Waals surface area contributed by atoms with Crippen LogP contribution in [0.1, 0.15) is 32.1 Å². The van der Waals surface area contributed by atoms with Crippen molar-refractivity contribution < 1.29 is 14.3 Å². The minimum Gasteiger partial charge on any atom is -0.367 e. The summed E-state index contributed by atoms with van der Waals surface area (Å²) in [5, 5.41) is 4.00. The summed E-state index contributed by atoms with van der Waals surface area (Å²) in [4.78, 5) is 29.9. The van der Waals surface area contributed by atoms with Gasteiger partial charge in [0.1, 0.15) is 18.3 Å². The van der Waals surface area contributed by atoms with Crippen LogP contribution in [-0.2, 0) is 20.9 Å². The first-order chi connectivity index (χ1) is 10.2. The monoisotopic (exact) mass is 292 g/mol. The fourth-order valence-electron chi connectivity index (χ4n) is 3.08. The van der Waals surface area contributed by atoms with E-state index in [1.165, 1.54) is 6.33 Å². The van der Waals surface area contributed by atoms with E-state index < -0.39 is 5.60 Å². The van der Waals surface area contributed by atoms with Crippen LogP contribution in [-0.4, -0.2) is 56.7 Å². The molecule has 1 spiro atoms. The van der Waals surface area contributed by atoms with Gasteiger partial charge in [0.2, 0.25) is 5.91 Å². The molecule has 2 fully saturated rings. The number of aromatic nitrogens is 3. The van der Waals surface area contributed by atoms with Crippen LogP contribution in [0.4, 0.5) is 0 Å². The highest BCUT2D eigenvalue weighted by molar-refractivity contribution is 5.93. The number of Topliss-reactive ketones (excluding diaryl/α,β-unsaturated/α-hetero) is 1. The standard InChI is InChI=1S/C14H20N4O3/c19-12-9-17(7-5-14(12)4-2-8-21-14)13(20)3-1-6-18-11-15-10-16-18/h10-11H,1-9H2/t14-/m0/s1. The van der Waals surface area contributed by atoms with E-state index in [0.29, 0.717) is 39.0 Å². The molecule has 7 heteroatoms. The lowest BCUT2D eigenvalue weighted by Crippen LogP contribution is -2.53. The van der Waals surface area contributed by atoms with Gasteiger partial charge < -0.3 is 9.64 Å². The van der Waals surface area contributed by atoms with Gasteiger partial charge in [0.25, 0.3) is 0 Å². The zero-order valence-corrected chi connectivity index (χ0v) is 12.0. The molecule has 2 aliphatic rings. The predicted molar refractivity (Wildman–Crippen MR) is 73.4 cm³/mol. The van der Waals surface area contributed by atoms with Crippen LogP contribution < -0.4 is 0 Å². The Morgan fingerprint density at radius 1 is 1.43 bits per heavy atom. The van der Waals surface area contributed by atoms with Crippen molar-refractivity contribution in [3.05, 3.63) is 12.7 Å². The van der Waals surface area contributed by atoms with Gasteiger partial charge in [-0.25, -0.2) is 4.98 Å². The zero-order valence-electron chi connectivity index (χ0n) is 12.0. The van der Waals surface area contributed by atoms with E-state index in [1.807, 2.05) is 0 Å². The summed E-state index contributed by atoms with van der Waals surface area (Å²) in [7, 11) is 0. The van der Waals surface area contributed by atoms with Gasteiger partial charge in [-0.3, -0.25) is 14.3 Å². The van der Waals surface area contributed by atoms with E-state index >= 15 is 0 Å². The number of hydrogen-bond donors (Lipinski definition) is 0. The number of rotatable bonds is 4. The number of carbonyl (C=O) groups excluding carboxylic acids is 2. The minimum absolute atomic E-state index is 0.0383. The number of likely N-dealkylation sites (tertiary alicyclic amines) is 1. The third kappa shape index (κ3) is 2.97. The van der Waals surface area contributed by atoms with Gasteiger partial charge in [0.05, 0.1) is 6.54 Å². The predicted octanol–water partition coefficient (Wildman–Crippen LogP) is 0.409. The van der Waals surface area contributed by atoms with Crippen LogP contribution in [0.25, 0.3) is 0 Å². The maximum absolute atomic E-state index is 12.3. The molecule has 1 amide bonds. The second-order valence-electron chi connectivity index (χ2n) is 5.70. The summed E-state index contributed by atoms with van der Waals surface area (Å²) in [5.41, 5.74) is -0.586. The molecule has 0 aromatic carbocycles. The number of ether oxygens (including phenoxy) is 1. The molecule has 7 nitrogen and oxygen atoms in total. The van der Waals surface area contributed by atoms with Crippen molar-refractivity contribution in [1.82, 2.24) is 19.7 Å². The van der Waals surface area contributed by atoms with Gasteiger partial charge in [0, 0.05) is 32.5 Å². The average Bonchev–Trinajstić information content (AvgIpc) is 3.14. The van der Waals surface area contributed by atoms with Crippen LogP contribution in [0.5, 0.6) is 0 Å². The van der Waals surface area contributed by atoms with Gasteiger partial charge in [-0.15, -0.1) is 0 Å². The number of nitrogens with zero attached hydrogens (tertiary/aromatic N) is 4. The van der Waals surface area contributed by atoms with E-state index in [-0.39, 0.29) is 18.2 Å². The molecule has 21 heavy (non-hydrogen) atoms. The van der Waals surface area contributed by atoms with Crippen molar-refractivity contribution in [3.63, 3.8) is 0 Å². The van der Waals surface area contributed by atoms with Gasteiger partial charge in [0.15, 0.2) is 5.78 Å². The second-order valence-corrected chi connectivity index (χ2v) is 5.70. The van der Waals surface area contributed by atoms with Crippen molar-refractivity contribution in [2.45, 2.75) is 44.2 Å². The van der Waals surface area contributed by atoms with Crippen LogP contribution in [0.2, 0.25) is 0 Å². The largest absolute Gasteiger partial charge is 0.367 e. The minimum atomic E-state index is -0.586. The molecule has 1 aromatic rings. The second kappa shape index (κ2) is 5.93. The van der Waals surface area contributed by atoms with E-state index in [9.17, 15) is 9.59 Å². The van der Waals surface area contributed by atoms with Crippen molar-refractivity contribution in [3.8, 4) is 0 Å². The van der Waals surface area contributed by atoms with Crippen LogP contribution in [0.15, 0.2) is 12.7 Å². The lowest BCUT2D eigenvalue weighted by Gasteiger charge is -2.37. The molecule has 0 bridgehead atoms. The van der Waals surface area contributed by atoms with Crippen LogP contribution in [0.3, 0.4) is 0 Å². The summed E-state index contributed by atoms with van der Waals surface area (Å²) < 4.78 is 7.35. The Kier molecular flexibility index (Phi) is 4.01. The topological polar surface area (TPSA) is 77.3 Å². The summed E-state index contributed by atoms with van der Waals surface area (Å²) in [6.45, 7) is 2.15. The molecule has 1 atom stereocenters. The molecular formula is C14H20N4O3. The third-order valence-electron chi connectivity index (χ3n) is 4.33. The summed E-state index contributed by atoms with van der Waals surface area (Å²) >= 11 is 0. The maximum atomic E-state index is 12.3. The third-order valence-corrected chi connectivity index (χ3v) is 4.33. The Bertz CT molecular complexity index is 508. The summed E-state index contributed by atoms with van der Waals surface area (Å²) in [6, 6.07) is 0. The Morgan fingerprint density at radius 3 is 3.00 bits per heavy atom. The number of hydrogen-bond acceptors (Lipinski definition) is 5. The molecule has 114 valence electrons. The molecule has 2 saturated heterocycles. The fourth-order valence-corrected chi connectivity index (χ4v) is 3.08. The number of aryl methyl sites for hydroxylation is 1. The molecule has 2 aliphatic heterocycles. The first-order valence-corrected chi connectivity index (χ1v) is 7.47. The molecule has 1 aromatic heterocycles. The van der Waals surface area contributed by atoms with Gasteiger partial charge in [-0.05, 0) is 19.3 Å². The number of ketones is 1.